The van der Waals surface area contributed by atoms with Crippen LogP contribution in [0.4, 0.5) is 10.1 Å². The SMILES string of the molecule is CCOc1cccc2c1Oc1nc(-c3ccccc3)nc(SCC(=O)Nc3ccccc3F)c1C2. The van der Waals surface area contributed by atoms with Gasteiger partial charge in [0, 0.05) is 17.5 Å². The van der Waals surface area contributed by atoms with Crippen LogP contribution < -0.4 is 14.8 Å². The predicted octanol–water partition coefficient (Wildman–Crippen LogP) is 6.11. The van der Waals surface area contributed by atoms with Crippen LogP contribution in [-0.4, -0.2) is 28.2 Å². The summed E-state index contributed by atoms with van der Waals surface area (Å²) in [6, 6.07) is 21.4. The van der Waals surface area contributed by atoms with E-state index in [2.05, 4.69) is 5.32 Å². The maximum atomic E-state index is 13.9. The predicted molar refractivity (Wildman–Crippen MR) is 134 cm³/mol. The van der Waals surface area contributed by atoms with Gasteiger partial charge in [0.05, 0.1) is 23.6 Å². The van der Waals surface area contributed by atoms with Crippen molar-refractivity contribution in [2.24, 2.45) is 0 Å². The van der Waals surface area contributed by atoms with Gasteiger partial charge in [-0.15, -0.1) is 0 Å². The number of nitrogens with one attached hydrogen (secondary N) is 1. The van der Waals surface area contributed by atoms with Gasteiger partial charge in [-0.1, -0.05) is 66.4 Å². The molecule has 5 rings (SSSR count). The van der Waals surface area contributed by atoms with E-state index in [0.717, 1.165) is 16.7 Å². The van der Waals surface area contributed by atoms with Crippen molar-refractivity contribution in [3.05, 3.63) is 89.7 Å². The Labute approximate surface area is 206 Å². The summed E-state index contributed by atoms with van der Waals surface area (Å²) in [6.45, 7) is 2.44. The molecule has 0 saturated carbocycles. The number of carbonyl (C=O) groups excluding carboxylic acids is 1. The summed E-state index contributed by atoms with van der Waals surface area (Å²) in [7, 11) is 0. The topological polar surface area (TPSA) is 73.3 Å². The van der Waals surface area contributed by atoms with Crippen LogP contribution in [0.25, 0.3) is 11.4 Å². The van der Waals surface area contributed by atoms with E-state index in [1.165, 1.54) is 23.9 Å². The zero-order valence-corrected chi connectivity index (χ0v) is 19.8. The molecule has 0 spiro atoms. The Morgan fingerprint density at radius 1 is 1.06 bits per heavy atom. The Balaban J connectivity index is 1.46. The first-order valence-corrected chi connectivity index (χ1v) is 12.2. The summed E-state index contributed by atoms with van der Waals surface area (Å²) in [5.74, 6) is 1.49. The summed E-state index contributed by atoms with van der Waals surface area (Å²) in [4.78, 5) is 22.1. The highest BCUT2D eigenvalue weighted by Crippen LogP contribution is 2.44. The number of para-hydroxylation sites is 2. The molecule has 1 aromatic heterocycles. The fourth-order valence-corrected chi connectivity index (χ4v) is 4.60. The highest BCUT2D eigenvalue weighted by molar-refractivity contribution is 8.00. The molecule has 176 valence electrons. The normalized spacial score (nSPS) is 11.7. The van der Waals surface area contributed by atoms with E-state index in [1.807, 2.05) is 55.5 Å². The first kappa shape index (κ1) is 22.9. The Kier molecular flexibility index (Phi) is 6.63. The van der Waals surface area contributed by atoms with Crippen LogP contribution in [0.1, 0.15) is 18.1 Å². The number of carbonyl (C=O) groups is 1. The molecule has 35 heavy (non-hydrogen) atoms. The number of benzene rings is 3. The van der Waals surface area contributed by atoms with Crippen molar-refractivity contribution < 1.29 is 18.7 Å². The summed E-state index contributed by atoms with van der Waals surface area (Å²) in [5.41, 5.74) is 2.74. The second-order valence-corrected chi connectivity index (χ2v) is 8.74. The molecule has 3 aromatic carbocycles. The van der Waals surface area contributed by atoms with Crippen LogP contribution >= 0.6 is 11.8 Å². The minimum Gasteiger partial charge on any atom is -0.490 e. The third-order valence-electron chi connectivity index (χ3n) is 5.38. The number of fused-ring (bicyclic) bond motifs is 2. The second kappa shape index (κ2) is 10.1. The molecule has 0 radical (unpaired) electrons. The maximum Gasteiger partial charge on any atom is 0.234 e. The van der Waals surface area contributed by atoms with Crippen LogP contribution in [0, 0.1) is 5.82 Å². The van der Waals surface area contributed by atoms with Gasteiger partial charge >= 0.3 is 0 Å². The lowest BCUT2D eigenvalue weighted by molar-refractivity contribution is -0.113. The number of anilines is 1. The van der Waals surface area contributed by atoms with Crippen molar-refractivity contribution in [3.8, 4) is 28.8 Å². The number of halogens is 1. The minimum atomic E-state index is -0.480. The van der Waals surface area contributed by atoms with E-state index in [4.69, 9.17) is 19.4 Å². The number of hydrogen-bond acceptors (Lipinski definition) is 6. The van der Waals surface area contributed by atoms with E-state index in [0.29, 0.717) is 41.3 Å². The molecule has 2 heterocycles. The van der Waals surface area contributed by atoms with Crippen LogP contribution in [-0.2, 0) is 11.2 Å². The molecule has 8 heteroatoms. The lowest BCUT2D eigenvalue weighted by Crippen LogP contribution is -2.16. The Bertz CT molecular complexity index is 1380. The second-order valence-electron chi connectivity index (χ2n) is 7.78. The molecular weight excluding hydrogens is 465 g/mol. The summed E-state index contributed by atoms with van der Waals surface area (Å²) in [5, 5.41) is 3.26. The maximum absolute atomic E-state index is 13.9. The molecule has 0 atom stereocenters. The van der Waals surface area contributed by atoms with Gasteiger partial charge in [-0.05, 0) is 25.1 Å². The Hall–Kier alpha value is -3.91. The van der Waals surface area contributed by atoms with Gasteiger partial charge in [0.1, 0.15) is 10.8 Å². The van der Waals surface area contributed by atoms with Gasteiger partial charge in [-0.2, -0.15) is 4.98 Å². The zero-order valence-electron chi connectivity index (χ0n) is 19.0. The Morgan fingerprint density at radius 3 is 2.66 bits per heavy atom. The van der Waals surface area contributed by atoms with Crippen molar-refractivity contribution in [1.29, 1.82) is 0 Å². The average molecular weight is 488 g/mol. The molecule has 0 aliphatic carbocycles. The standard InChI is InChI=1S/C27H22FN3O3S/c1-2-33-22-14-8-11-18-15-19-26(34-24(18)22)30-25(17-9-4-3-5-10-17)31-27(19)35-16-23(32)29-21-13-7-6-12-20(21)28/h3-14H,2,15-16H2,1H3,(H,29,32). The molecule has 1 N–H and O–H groups in total. The Morgan fingerprint density at radius 2 is 1.86 bits per heavy atom. The van der Waals surface area contributed by atoms with Crippen LogP contribution in [0.3, 0.4) is 0 Å². The summed E-state index contributed by atoms with van der Waals surface area (Å²) in [6.07, 6.45) is 0.540. The van der Waals surface area contributed by atoms with Crippen molar-refractivity contribution in [2.45, 2.75) is 18.4 Å². The van der Waals surface area contributed by atoms with Crippen molar-refractivity contribution in [1.82, 2.24) is 9.97 Å². The smallest absolute Gasteiger partial charge is 0.234 e. The fraction of sp³-hybridized carbons (Fsp3) is 0.148. The molecule has 1 aliphatic heterocycles. The number of rotatable bonds is 7. The van der Waals surface area contributed by atoms with Crippen molar-refractivity contribution >= 4 is 23.4 Å². The quantitative estimate of drug-likeness (QED) is 0.221. The number of nitrogens with zero attached hydrogens (tertiary/aromatic N) is 2. The van der Waals surface area contributed by atoms with Crippen molar-refractivity contribution in [3.63, 3.8) is 0 Å². The average Bonchev–Trinajstić information content (AvgIpc) is 2.88. The molecule has 0 saturated heterocycles. The van der Waals surface area contributed by atoms with Gasteiger partial charge in [0.25, 0.3) is 0 Å². The summed E-state index contributed by atoms with van der Waals surface area (Å²) < 4.78 is 25.9. The molecule has 4 aromatic rings. The monoisotopic (exact) mass is 487 g/mol. The van der Waals surface area contributed by atoms with Gasteiger partial charge in [0.15, 0.2) is 17.3 Å². The molecule has 0 fully saturated rings. The lowest BCUT2D eigenvalue weighted by atomic mass is 10.0. The highest BCUT2D eigenvalue weighted by Gasteiger charge is 2.27. The first-order chi connectivity index (χ1) is 17.1. The fourth-order valence-electron chi connectivity index (χ4n) is 3.77. The van der Waals surface area contributed by atoms with E-state index in [9.17, 15) is 9.18 Å². The lowest BCUT2D eigenvalue weighted by Gasteiger charge is -2.23. The number of ether oxygens (including phenoxy) is 2. The van der Waals surface area contributed by atoms with Gasteiger partial charge in [-0.3, -0.25) is 4.79 Å². The van der Waals surface area contributed by atoms with E-state index >= 15 is 0 Å². The number of amides is 1. The number of hydrogen-bond donors (Lipinski definition) is 1. The minimum absolute atomic E-state index is 0.0534. The third kappa shape index (κ3) is 4.97. The van der Waals surface area contributed by atoms with E-state index in [1.54, 1.807) is 12.1 Å². The van der Waals surface area contributed by atoms with Gasteiger partial charge in [-0.25, -0.2) is 9.37 Å². The number of thioether (sulfide) groups is 1. The van der Waals surface area contributed by atoms with Crippen LogP contribution in [0.2, 0.25) is 0 Å². The van der Waals surface area contributed by atoms with Gasteiger partial charge < -0.3 is 14.8 Å². The summed E-state index contributed by atoms with van der Waals surface area (Å²) >= 11 is 1.27. The van der Waals surface area contributed by atoms with Gasteiger partial charge in [0.2, 0.25) is 11.8 Å². The molecule has 1 amide bonds. The number of aromatic nitrogens is 2. The van der Waals surface area contributed by atoms with Crippen molar-refractivity contribution in [2.75, 3.05) is 17.7 Å². The highest BCUT2D eigenvalue weighted by atomic mass is 32.2. The molecule has 1 aliphatic rings. The zero-order chi connectivity index (χ0) is 24.2. The molecule has 6 nitrogen and oxygen atoms in total. The molecular formula is C27H22FN3O3S. The van der Waals surface area contributed by atoms with E-state index < -0.39 is 5.82 Å². The molecule has 0 bridgehead atoms. The van der Waals surface area contributed by atoms with Crippen LogP contribution in [0.15, 0.2) is 77.8 Å². The largest absolute Gasteiger partial charge is 0.490 e. The third-order valence-corrected chi connectivity index (χ3v) is 6.40. The molecule has 0 unspecified atom stereocenters. The first-order valence-electron chi connectivity index (χ1n) is 11.2. The van der Waals surface area contributed by atoms with Crippen LogP contribution in [0.5, 0.6) is 17.4 Å². The van der Waals surface area contributed by atoms with E-state index in [-0.39, 0.29) is 17.3 Å².